The smallest absolute Gasteiger partial charge is 0.306 e. The molecule has 4 atom stereocenters. The van der Waals surface area contributed by atoms with Crippen LogP contribution in [0, 0.1) is 17.3 Å². The second kappa shape index (κ2) is 5.98. The molecule has 0 bridgehead atoms. The maximum absolute atomic E-state index is 13.2. The molecule has 5 heteroatoms. The standard InChI is InChI=1S/C19H20O5/c1-19-14(23-2)9-8-11(10-15(20)24-3)16(19)17(21)12-6-4-5-7-13(12)18(19)22/h4-9,11,14,16H,10H2,1-3H3/t11-,14-,16-,19-/m1/s1. The van der Waals surface area contributed by atoms with Crippen molar-refractivity contribution in [3.05, 3.63) is 47.5 Å². The van der Waals surface area contributed by atoms with Crippen LogP contribution in [-0.2, 0) is 14.3 Å². The zero-order valence-electron chi connectivity index (χ0n) is 13.9. The number of esters is 1. The van der Waals surface area contributed by atoms with Crippen LogP contribution in [0.5, 0.6) is 0 Å². The molecule has 2 aliphatic rings. The van der Waals surface area contributed by atoms with Gasteiger partial charge in [0.25, 0.3) is 0 Å². The molecular formula is C19H20O5. The van der Waals surface area contributed by atoms with Crippen molar-refractivity contribution in [2.75, 3.05) is 14.2 Å². The van der Waals surface area contributed by atoms with E-state index in [2.05, 4.69) is 0 Å². The molecule has 0 saturated heterocycles. The molecule has 0 unspecified atom stereocenters. The maximum atomic E-state index is 13.2. The van der Waals surface area contributed by atoms with Crippen molar-refractivity contribution in [2.45, 2.75) is 19.4 Å². The summed E-state index contributed by atoms with van der Waals surface area (Å²) >= 11 is 0. The van der Waals surface area contributed by atoms with E-state index in [1.54, 1.807) is 43.3 Å². The van der Waals surface area contributed by atoms with Crippen LogP contribution in [-0.4, -0.2) is 37.9 Å². The molecule has 126 valence electrons. The van der Waals surface area contributed by atoms with Gasteiger partial charge >= 0.3 is 5.97 Å². The van der Waals surface area contributed by atoms with Crippen LogP contribution in [0.15, 0.2) is 36.4 Å². The first kappa shape index (κ1) is 16.6. The fraction of sp³-hybridized carbons (Fsp3) is 0.421. The lowest BCUT2D eigenvalue weighted by molar-refractivity contribution is -0.142. The Kier molecular flexibility index (Phi) is 4.13. The van der Waals surface area contributed by atoms with Gasteiger partial charge in [0.15, 0.2) is 11.6 Å². The van der Waals surface area contributed by atoms with Crippen LogP contribution in [0.2, 0.25) is 0 Å². The van der Waals surface area contributed by atoms with Gasteiger partial charge in [-0.3, -0.25) is 14.4 Å². The SMILES string of the molecule is COC(=O)C[C@H]1C=C[C@@H](OC)[C@@]2(C)C(=O)c3ccccc3C(=O)[C@@H]12. The minimum atomic E-state index is -1.03. The largest absolute Gasteiger partial charge is 0.469 e. The first-order valence-electron chi connectivity index (χ1n) is 7.91. The molecule has 1 aromatic carbocycles. The predicted octanol–water partition coefficient (Wildman–Crippen LogP) is 2.45. The van der Waals surface area contributed by atoms with Crippen LogP contribution in [0.25, 0.3) is 0 Å². The van der Waals surface area contributed by atoms with Gasteiger partial charge in [0.1, 0.15) is 0 Å². The Labute approximate surface area is 140 Å². The van der Waals surface area contributed by atoms with E-state index < -0.39 is 29.3 Å². The van der Waals surface area contributed by atoms with Gasteiger partial charge < -0.3 is 9.47 Å². The lowest BCUT2D eigenvalue weighted by Crippen LogP contribution is -2.56. The summed E-state index contributed by atoms with van der Waals surface area (Å²) in [5.41, 5.74) is -0.186. The normalized spacial score (nSPS) is 31.4. The molecule has 24 heavy (non-hydrogen) atoms. The summed E-state index contributed by atoms with van der Waals surface area (Å²) in [4.78, 5) is 38.1. The average molecular weight is 328 g/mol. The number of ether oxygens (including phenoxy) is 2. The quantitative estimate of drug-likeness (QED) is 0.630. The fourth-order valence-corrected chi connectivity index (χ4v) is 4.05. The number of fused-ring (bicyclic) bond motifs is 2. The number of carbonyl (C=O) groups excluding carboxylic acids is 3. The molecule has 0 heterocycles. The summed E-state index contributed by atoms with van der Waals surface area (Å²) < 4.78 is 10.3. The predicted molar refractivity (Wildman–Crippen MR) is 86.8 cm³/mol. The van der Waals surface area contributed by atoms with E-state index in [9.17, 15) is 14.4 Å². The number of hydrogen-bond acceptors (Lipinski definition) is 5. The summed E-state index contributed by atoms with van der Waals surface area (Å²) in [7, 11) is 2.84. The molecule has 0 saturated carbocycles. The molecule has 0 radical (unpaired) electrons. The highest BCUT2D eigenvalue weighted by Gasteiger charge is 2.58. The van der Waals surface area contributed by atoms with Crippen molar-refractivity contribution in [1.29, 1.82) is 0 Å². The lowest BCUT2D eigenvalue weighted by atomic mass is 9.55. The van der Waals surface area contributed by atoms with E-state index in [1.165, 1.54) is 14.2 Å². The molecule has 0 N–H and O–H groups in total. The lowest BCUT2D eigenvalue weighted by Gasteiger charge is -2.48. The molecule has 5 nitrogen and oxygen atoms in total. The van der Waals surface area contributed by atoms with Gasteiger partial charge in [-0.25, -0.2) is 0 Å². The van der Waals surface area contributed by atoms with E-state index >= 15 is 0 Å². The Morgan fingerprint density at radius 2 is 1.79 bits per heavy atom. The van der Waals surface area contributed by atoms with Gasteiger partial charge in [0, 0.05) is 24.2 Å². The van der Waals surface area contributed by atoms with Gasteiger partial charge in [0.2, 0.25) is 0 Å². The zero-order valence-corrected chi connectivity index (χ0v) is 13.9. The van der Waals surface area contributed by atoms with Crippen molar-refractivity contribution in [3.8, 4) is 0 Å². The highest BCUT2D eigenvalue weighted by molar-refractivity contribution is 6.18. The highest BCUT2D eigenvalue weighted by atomic mass is 16.5. The van der Waals surface area contributed by atoms with E-state index in [0.717, 1.165) is 0 Å². The number of allylic oxidation sites excluding steroid dienone is 1. The van der Waals surface area contributed by atoms with Crippen molar-refractivity contribution < 1.29 is 23.9 Å². The van der Waals surface area contributed by atoms with Gasteiger partial charge in [-0.05, 0) is 12.8 Å². The monoisotopic (exact) mass is 328 g/mol. The minimum Gasteiger partial charge on any atom is -0.469 e. The topological polar surface area (TPSA) is 69.7 Å². The van der Waals surface area contributed by atoms with Gasteiger partial charge in [-0.15, -0.1) is 0 Å². The summed E-state index contributed by atoms with van der Waals surface area (Å²) in [6, 6.07) is 6.84. The molecule has 0 aromatic heterocycles. The minimum absolute atomic E-state index is 0.0604. The van der Waals surface area contributed by atoms with Crippen molar-refractivity contribution in [2.24, 2.45) is 17.3 Å². The Morgan fingerprint density at radius 1 is 1.12 bits per heavy atom. The summed E-state index contributed by atoms with van der Waals surface area (Å²) in [5, 5.41) is 0. The van der Waals surface area contributed by atoms with Crippen LogP contribution in [0.1, 0.15) is 34.1 Å². The van der Waals surface area contributed by atoms with E-state index in [1.807, 2.05) is 0 Å². The molecule has 2 aliphatic carbocycles. The fourth-order valence-electron chi connectivity index (χ4n) is 4.05. The molecule has 3 rings (SSSR count). The molecule has 0 amide bonds. The van der Waals surface area contributed by atoms with E-state index in [0.29, 0.717) is 11.1 Å². The third-order valence-corrected chi connectivity index (χ3v) is 5.29. The Bertz CT molecular complexity index is 735. The van der Waals surface area contributed by atoms with Crippen molar-refractivity contribution in [1.82, 2.24) is 0 Å². The number of hydrogen-bond donors (Lipinski definition) is 0. The maximum Gasteiger partial charge on any atom is 0.306 e. The Morgan fingerprint density at radius 3 is 2.42 bits per heavy atom. The number of Topliss-reactive ketones (excluding diaryl/α,β-unsaturated/α-hetero) is 2. The zero-order chi connectivity index (χ0) is 17.5. The van der Waals surface area contributed by atoms with E-state index in [-0.39, 0.29) is 18.0 Å². The van der Waals surface area contributed by atoms with Crippen LogP contribution < -0.4 is 0 Å². The average Bonchev–Trinajstić information content (AvgIpc) is 2.59. The van der Waals surface area contributed by atoms with E-state index in [4.69, 9.17) is 9.47 Å². The van der Waals surface area contributed by atoms with Crippen molar-refractivity contribution in [3.63, 3.8) is 0 Å². The number of benzene rings is 1. The second-order valence-corrected chi connectivity index (χ2v) is 6.48. The first-order chi connectivity index (χ1) is 11.4. The van der Waals surface area contributed by atoms with Crippen LogP contribution in [0.4, 0.5) is 0 Å². The van der Waals surface area contributed by atoms with Gasteiger partial charge in [-0.2, -0.15) is 0 Å². The van der Waals surface area contributed by atoms with Crippen LogP contribution >= 0.6 is 0 Å². The number of carbonyl (C=O) groups is 3. The second-order valence-electron chi connectivity index (χ2n) is 6.48. The highest BCUT2D eigenvalue weighted by Crippen LogP contribution is 2.50. The first-order valence-corrected chi connectivity index (χ1v) is 7.91. The third kappa shape index (κ3) is 2.23. The summed E-state index contributed by atoms with van der Waals surface area (Å²) in [6.45, 7) is 1.76. The molecule has 1 aromatic rings. The third-order valence-electron chi connectivity index (χ3n) is 5.29. The summed E-state index contributed by atoms with van der Waals surface area (Å²) in [6.07, 6.45) is 3.13. The van der Waals surface area contributed by atoms with Crippen LogP contribution in [0.3, 0.4) is 0 Å². The number of rotatable bonds is 3. The van der Waals surface area contributed by atoms with Gasteiger partial charge in [-0.1, -0.05) is 36.4 Å². The Balaban J connectivity index is 2.15. The number of methoxy groups -OCH3 is 2. The molecule has 0 spiro atoms. The van der Waals surface area contributed by atoms with Crippen molar-refractivity contribution >= 4 is 17.5 Å². The number of ketones is 2. The molecule has 0 fully saturated rings. The molecular weight excluding hydrogens is 308 g/mol. The van der Waals surface area contributed by atoms with Gasteiger partial charge in [0.05, 0.1) is 25.0 Å². The molecule has 0 aliphatic heterocycles. The Hall–Kier alpha value is -2.27. The summed E-state index contributed by atoms with van der Waals surface area (Å²) in [5.74, 6) is -1.67.